The molecule has 1 rings (SSSR count). The third kappa shape index (κ3) is 2.40. The van der Waals surface area contributed by atoms with Crippen molar-refractivity contribution in [2.45, 2.75) is 17.0 Å². The maximum atomic E-state index is 11.1. The Balaban J connectivity index is 3.22. The highest BCUT2D eigenvalue weighted by Crippen LogP contribution is 2.37. The van der Waals surface area contributed by atoms with Crippen LogP contribution in [0.2, 0.25) is 0 Å². The Kier molecular flexibility index (Phi) is 3.03. The molecule has 74 valence electrons. The maximum Gasteiger partial charge on any atom is 0.242 e. The highest BCUT2D eigenvalue weighted by molar-refractivity contribution is 8.14. The van der Waals surface area contributed by atoms with Crippen molar-refractivity contribution in [3.05, 3.63) is 23.3 Å². The average Bonchev–Trinajstić information content (AvgIpc) is 1.79. The molecule has 0 saturated carbocycles. The Bertz CT molecular complexity index is 367. The summed E-state index contributed by atoms with van der Waals surface area (Å²) in [7, 11) is 1.43. The topological polar surface area (TPSA) is 34.1 Å². The van der Waals surface area contributed by atoms with E-state index in [1.54, 1.807) is 19.1 Å². The molecule has 0 N–H and O–H groups in total. The van der Waals surface area contributed by atoms with Crippen LogP contribution in [0.4, 0.5) is 0 Å². The summed E-state index contributed by atoms with van der Waals surface area (Å²) in [4.78, 5) is -1.08. The lowest BCUT2D eigenvalue weighted by atomic mass is 10.0. The van der Waals surface area contributed by atoms with Crippen LogP contribution in [0.3, 0.4) is 0 Å². The lowest BCUT2D eigenvalue weighted by molar-refractivity contribution is 0.591. The van der Waals surface area contributed by atoms with Crippen LogP contribution in [0.5, 0.6) is 0 Å². The summed E-state index contributed by atoms with van der Waals surface area (Å²) in [5, 5.41) is -0.940. The SMILES string of the molecule is CC1(Cl)C=CC=C(Cl)C1S(=O)(=O)Cl. The highest BCUT2D eigenvalue weighted by Gasteiger charge is 2.42. The van der Waals surface area contributed by atoms with Gasteiger partial charge in [0.1, 0.15) is 5.25 Å². The minimum atomic E-state index is -3.79. The Morgan fingerprint density at radius 3 is 2.38 bits per heavy atom. The van der Waals surface area contributed by atoms with Gasteiger partial charge in [-0.25, -0.2) is 8.42 Å². The molecule has 0 saturated heterocycles. The number of hydrogen-bond acceptors (Lipinski definition) is 2. The number of halogens is 3. The van der Waals surface area contributed by atoms with Gasteiger partial charge < -0.3 is 0 Å². The Hall–Kier alpha value is 0.300. The minimum Gasteiger partial charge on any atom is -0.211 e. The molecule has 0 radical (unpaired) electrons. The van der Waals surface area contributed by atoms with Gasteiger partial charge in [-0.1, -0.05) is 23.8 Å². The zero-order valence-electron chi connectivity index (χ0n) is 6.67. The van der Waals surface area contributed by atoms with Gasteiger partial charge in [0.05, 0.1) is 4.87 Å². The number of rotatable bonds is 1. The Morgan fingerprint density at radius 2 is 2.08 bits per heavy atom. The normalized spacial score (nSPS) is 34.5. The van der Waals surface area contributed by atoms with Crippen LogP contribution >= 0.6 is 33.9 Å². The fraction of sp³-hybridized carbons (Fsp3) is 0.429. The quantitative estimate of drug-likeness (QED) is 0.537. The third-order valence-corrected chi connectivity index (χ3v) is 4.51. The maximum absolute atomic E-state index is 11.1. The second-order valence-corrected chi connectivity index (χ2v) is 6.88. The Morgan fingerprint density at radius 1 is 1.54 bits per heavy atom. The largest absolute Gasteiger partial charge is 0.242 e. The average molecular weight is 262 g/mol. The van der Waals surface area contributed by atoms with Crippen molar-refractivity contribution >= 4 is 42.9 Å². The first-order chi connectivity index (χ1) is 5.75. The van der Waals surface area contributed by atoms with Gasteiger partial charge in [-0.2, -0.15) is 0 Å². The van der Waals surface area contributed by atoms with Crippen molar-refractivity contribution in [3.8, 4) is 0 Å². The summed E-state index contributed by atoms with van der Waals surface area (Å²) < 4.78 is 22.3. The minimum absolute atomic E-state index is 0.134. The van der Waals surface area contributed by atoms with Gasteiger partial charge >= 0.3 is 0 Å². The molecular weight excluding hydrogens is 255 g/mol. The van der Waals surface area contributed by atoms with Crippen LogP contribution in [-0.2, 0) is 9.05 Å². The van der Waals surface area contributed by atoms with Crippen LogP contribution in [0.15, 0.2) is 23.3 Å². The molecule has 0 fully saturated rings. The van der Waals surface area contributed by atoms with Gasteiger partial charge in [-0.05, 0) is 13.0 Å². The van der Waals surface area contributed by atoms with Gasteiger partial charge in [0.15, 0.2) is 0 Å². The van der Waals surface area contributed by atoms with E-state index in [-0.39, 0.29) is 5.03 Å². The van der Waals surface area contributed by atoms with Crippen LogP contribution < -0.4 is 0 Å². The summed E-state index contributed by atoms with van der Waals surface area (Å²) in [6.07, 6.45) is 4.62. The number of hydrogen-bond donors (Lipinski definition) is 0. The molecule has 0 aromatic heterocycles. The third-order valence-electron chi connectivity index (χ3n) is 1.72. The van der Waals surface area contributed by atoms with Crippen LogP contribution in [-0.4, -0.2) is 18.5 Å². The highest BCUT2D eigenvalue weighted by atomic mass is 35.7. The zero-order chi connectivity index (χ0) is 10.3. The molecule has 6 heteroatoms. The molecule has 0 bridgehead atoms. The number of alkyl halides is 1. The van der Waals surface area contributed by atoms with E-state index in [1.807, 2.05) is 0 Å². The molecule has 0 aliphatic heterocycles. The van der Waals surface area contributed by atoms with Gasteiger partial charge in [-0.3, -0.25) is 0 Å². The summed E-state index contributed by atoms with van der Waals surface area (Å²) in [5.74, 6) is 0. The smallest absolute Gasteiger partial charge is 0.211 e. The molecule has 1 aliphatic carbocycles. The summed E-state index contributed by atoms with van der Waals surface area (Å²) >= 11 is 11.7. The first kappa shape index (κ1) is 11.4. The van der Waals surface area contributed by atoms with Crippen LogP contribution in [0.1, 0.15) is 6.92 Å². The Labute approximate surface area is 91.6 Å². The fourth-order valence-corrected chi connectivity index (χ4v) is 4.52. The van der Waals surface area contributed by atoms with Gasteiger partial charge in [0.2, 0.25) is 9.05 Å². The molecule has 0 aromatic carbocycles. The van der Waals surface area contributed by atoms with Gasteiger partial charge in [-0.15, -0.1) is 11.6 Å². The molecule has 0 amide bonds. The van der Waals surface area contributed by atoms with E-state index in [2.05, 4.69) is 0 Å². The number of allylic oxidation sites excluding steroid dienone is 3. The molecule has 1 aliphatic rings. The second kappa shape index (κ2) is 3.46. The van der Waals surface area contributed by atoms with E-state index in [4.69, 9.17) is 33.9 Å². The van der Waals surface area contributed by atoms with Crippen LogP contribution in [0, 0.1) is 0 Å². The molecule has 0 heterocycles. The van der Waals surface area contributed by atoms with Crippen molar-refractivity contribution in [3.63, 3.8) is 0 Å². The predicted octanol–water partition coefficient (Wildman–Crippen LogP) is 2.61. The summed E-state index contributed by atoms with van der Waals surface area (Å²) in [6, 6.07) is 0. The molecule has 13 heavy (non-hydrogen) atoms. The molecule has 0 spiro atoms. The van der Waals surface area contributed by atoms with E-state index in [9.17, 15) is 8.42 Å². The van der Waals surface area contributed by atoms with E-state index in [0.29, 0.717) is 0 Å². The van der Waals surface area contributed by atoms with Gasteiger partial charge in [0.25, 0.3) is 0 Å². The summed E-state index contributed by atoms with van der Waals surface area (Å²) in [6.45, 7) is 1.55. The lowest BCUT2D eigenvalue weighted by Crippen LogP contribution is -2.38. The van der Waals surface area contributed by atoms with Crippen molar-refractivity contribution in [1.82, 2.24) is 0 Å². The monoisotopic (exact) mass is 260 g/mol. The van der Waals surface area contributed by atoms with E-state index in [1.165, 1.54) is 6.08 Å². The van der Waals surface area contributed by atoms with E-state index < -0.39 is 19.2 Å². The second-order valence-electron chi connectivity index (χ2n) is 2.92. The fourth-order valence-electron chi connectivity index (χ4n) is 1.18. The van der Waals surface area contributed by atoms with Crippen LogP contribution in [0.25, 0.3) is 0 Å². The first-order valence-electron chi connectivity index (χ1n) is 3.42. The van der Waals surface area contributed by atoms with Gasteiger partial charge in [0, 0.05) is 15.7 Å². The van der Waals surface area contributed by atoms with Crippen molar-refractivity contribution in [2.75, 3.05) is 0 Å². The van der Waals surface area contributed by atoms with E-state index in [0.717, 1.165) is 0 Å². The molecule has 2 unspecified atom stereocenters. The zero-order valence-corrected chi connectivity index (χ0v) is 9.75. The van der Waals surface area contributed by atoms with E-state index >= 15 is 0 Å². The first-order valence-corrected chi connectivity index (χ1v) is 6.55. The van der Waals surface area contributed by atoms with Crippen molar-refractivity contribution < 1.29 is 8.42 Å². The van der Waals surface area contributed by atoms with Crippen molar-refractivity contribution in [1.29, 1.82) is 0 Å². The molecular formula is C7H7Cl3O2S. The predicted molar refractivity (Wildman–Crippen MR) is 55.9 cm³/mol. The molecule has 2 atom stereocenters. The molecule has 2 nitrogen and oxygen atoms in total. The molecule has 0 aromatic rings. The lowest BCUT2D eigenvalue weighted by Gasteiger charge is -2.28. The standard InChI is InChI=1S/C7H7Cl3O2S/c1-7(9)4-2-3-5(8)6(7)13(10,11)12/h2-4,6H,1H3. The van der Waals surface area contributed by atoms with Crippen molar-refractivity contribution in [2.24, 2.45) is 0 Å². The summed E-state index contributed by atoms with van der Waals surface area (Å²) in [5.41, 5.74) is 0.